The number of nitrogens with two attached hydrogens (primary N) is 1. The van der Waals surface area contributed by atoms with Crippen molar-refractivity contribution in [3.63, 3.8) is 0 Å². The molecule has 4 atom stereocenters. The molecule has 0 spiro atoms. The summed E-state index contributed by atoms with van der Waals surface area (Å²) in [7, 11) is 0. The van der Waals surface area contributed by atoms with Gasteiger partial charge in [0, 0.05) is 0 Å². The van der Waals surface area contributed by atoms with E-state index in [0.29, 0.717) is 16.2 Å². The van der Waals surface area contributed by atoms with Crippen LogP contribution >= 0.6 is 11.8 Å². The standard InChI is InChI=1S/C11H15N5O4S/c1-21-9-5-8(14-11(12)15-9)16(3-13-5)10-7(19)6(18)4(2-17)20-10/h3-4,6-7,10,17-19H,2H2,1H3,(H2,12,14,15)/t4-,6+,7-,10-/m0/s1. The second kappa shape index (κ2) is 5.39. The number of nitrogen functional groups attached to an aromatic ring is 1. The zero-order valence-corrected chi connectivity index (χ0v) is 11.9. The number of hydrogen-bond acceptors (Lipinski definition) is 9. The summed E-state index contributed by atoms with van der Waals surface area (Å²) in [6, 6.07) is 0. The van der Waals surface area contributed by atoms with Crippen LogP contribution in [0.25, 0.3) is 11.2 Å². The molecule has 1 aliphatic rings. The monoisotopic (exact) mass is 313 g/mol. The molecular formula is C11H15N5O4S. The van der Waals surface area contributed by atoms with Crippen molar-refractivity contribution in [1.29, 1.82) is 0 Å². The summed E-state index contributed by atoms with van der Waals surface area (Å²) in [4.78, 5) is 12.4. The van der Waals surface area contributed by atoms with Gasteiger partial charge in [0.15, 0.2) is 11.9 Å². The van der Waals surface area contributed by atoms with Crippen LogP contribution in [0, 0.1) is 0 Å². The van der Waals surface area contributed by atoms with Crippen LogP contribution in [0.1, 0.15) is 6.23 Å². The maximum absolute atomic E-state index is 10.1. The minimum atomic E-state index is -1.20. The first kappa shape index (κ1) is 14.5. The van der Waals surface area contributed by atoms with E-state index in [1.807, 2.05) is 6.26 Å². The SMILES string of the molecule is CSc1nc(N)nc2c1ncn2[C@H]1O[C@@H](CO)[C@@H](O)[C@@H]1O. The van der Waals surface area contributed by atoms with Crippen molar-refractivity contribution in [3.05, 3.63) is 6.33 Å². The average Bonchev–Trinajstić information content (AvgIpc) is 3.01. The average molecular weight is 313 g/mol. The first-order chi connectivity index (χ1) is 10.1. The second-order valence-corrected chi connectivity index (χ2v) is 5.44. The van der Waals surface area contributed by atoms with Gasteiger partial charge in [0.1, 0.15) is 28.9 Å². The van der Waals surface area contributed by atoms with Crippen LogP contribution in [0.15, 0.2) is 11.4 Å². The largest absolute Gasteiger partial charge is 0.394 e. The number of nitrogens with zero attached hydrogens (tertiary/aromatic N) is 4. The lowest BCUT2D eigenvalue weighted by Gasteiger charge is -2.16. The summed E-state index contributed by atoms with van der Waals surface area (Å²) in [5.41, 5.74) is 6.61. The lowest BCUT2D eigenvalue weighted by Crippen LogP contribution is -2.33. The van der Waals surface area contributed by atoms with Gasteiger partial charge in [-0.25, -0.2) is 9.97 Å². The Kier molecular flexibility index (Phi) is 3.71. The van der Waals surface area contributed by atoms with Gasteiger partial charge in [-0.3, -0.25) is 4.57 Å². The van der Waals surface area contributed by atoms with Gasteiger partial charge in [0.05, 0.1) is 12.9 Å². The quantitative estimate of drug-likeness (QED) is 0.404. The number of anilines is 1. The van der Waals surface area contributed by atoms with Crippen molar-refractivity contribution < 1.29 is 20.1 Å². The molecule has 0 radical (unpaired) electrons. The number of rotatable bonds is 3. The van der Waals surface area contributed by atoms with E-state index in [9.17, 15) is 10.2 Å². The lowest BCUT2D eigenvalue weighted by molar-refractivity contribution is -0.0511. The first-order valence-electron chi connectivity index (χ1n) is 6.23. The Balaban J connectivity index is 2.07. The molecule has 10 heteroatoms. The van der Waals surface area contributed by atoms with Gasteiger partial charge in [-0.2, -0.15) is 4.98 Å². The van der Waals surface area contributed by atoms with Crippen molar-refractivity contribution in [1.82, 2.24) is 19.5 Å². The van der Waals surface area contributed by atoms with Gasteiger partial charge >= 0.3 is 0 Å². The third-order valence-corrected chi connectivity index (χ3v) is 4.06. The molecule has 1 aliphatic heterocycles. The van der Waals surface area contributed by atoms with E-state index in [1.54, 1.807) is 0 Å². The van der Waals surface area contributed by atoms with E-state index in [-0.39, 0.29) is 5.95 Å². The molecule has 2 aromatic rings. The molecule has 21 heavy (non-hydrogen) atoms. The van der Waals surface area contributed by atoms with Crippen molar-refractivity contribution in [2.24, 2.45) is 0 Å². The molecular weight excluding hydrogens is 298 g/mol. The van der Waals surface area contributed by atoms with Crippen molar-refractivity contribution in [3.8, 4) is 0 Å². The molecule has 3 rings (SSSR count). The summed E-state index contributed by atoms with van der Waals surface area (Å²) in [5, 5.41) is 29.6. The van der Waals surface area contributed by atoms with Gasteiger partial charge in [-0.1, -0.05) is 0 Å². The number of hydrogen-bond donors (Lipinski definition) is 4. The van der Waals surface area contributed by atoms with Crippen LogP contribution in [-0.2, 0) is 4.74 Å². The molecule has 5 N–H and O–H groups in total. The normalized spacial score (nSPS) is 29.3. The predicted octanol–water partition coefficient (Wildman–Crippen LogP) is -1.26. The highest BCUT2D eigenvalue weighted by molar-refractivity contribution is 7.98. The Bertz CT molecular complexity index is 665. The minimum Gasteiger partial charge on any atom is -0.394 e. The Morgan fingerprint density at radius 3 is 2.76 bits per heavy atom. The Morgan fingerprint density at radius 1 is 1.38 bits per heavy atom. The molecule has 114 valence electrons. The molecule has 1 fully saturated rings. The zero-order valence-electron chi connectivity index (χ0n) is 11.1. The molecule has 0 aliphatic carbocycles. The highest BCUT2D eigenvalue weighted by atomic mass is 32.2. The van der Waals surface area contributed by atoms with Crippen LogP contribution in [0.3, 0.4) is 0 Å². The molecule has 0 amide bonds. The van der Waals surface area contributed by atoms with Crippen molar-refractivity contribution in [2.45, 2.75) is 29.6 Å². The number of imidazole rings is 1. The summed E-state index contributed by atoms with van der Waals surface area (Å²) in [5.74, 6) is 0.0837. The summed E-state index contributed by atoms with van der Waals surface area (Å²) in [6.45, 7) is -0.394. The highest BCUT2D eigenvalue weighted by Gasteiger charge is 2.44. The van der Waals surface area contributed by atoms with Crippen LogP contribution < -0.4 is 5.73 Å². The van der Waals surface area contributed by atoms with E-state index in [4.69, 9.17) is 15.6 Å². The fourth-order valence-corrected chi connectivity index (χ4v) is 2.87. The molecule has 9 nitrogen and oxygen atoms in total. The topological polar surface area (TPSA) is 140 Å². The highest BCUT2D eigenvalue weighted by Crippen LogP contribution is 2.32. The molecule has 0 bridgehead atoms. The van der Waals surface area contributed by atoms with Gasteiger partial charge in [-0.15, -0.1) is 11.8 Å². The smallest absolute Gasteiger partial charge is 0.223 e. The third-order valence-electron chi connectivity index (χ3n) is 3.39. The number of fused-ring (bicyclic) bond motifs is 1. The molecule has 0 aromatic carbocycles. The van der Waals surface area contributed by atoms with E-state index in [0.717, 1.165) is 0 Å². The minimum absolute atomic E-state index is 0.0837. The van der Waals surface area contributed by atoms with Gasteiger partial charge in [0.2, 0.25) is 5.95 Å². The van der Waals surface area contributed by atoms with Crippen molar-refractivity contribution >= 4 is 28.9 Å². The van der Waals surface area contributed by atoms with E-state index < -0.39 is 31.1 Å². The first-order valence-corrected chi connectivity index (χ1v) is 7.45. The Hall–Kier alpha value is -1.46. The van der Waals surface area contributed by atoms with E-state index in [1.165, 1.54) is 22.7 Å². The summed E-state index contributed by atoms with van der Waals surface area (Å²) >= 11 is 1.38. The van der Waals surface area contributed by atoms with Crippen LogP contribution in [0.2, 0.25) is 0 Å². The molecule has 2 aromatic heterocycles. The van der Waals surface area contributed by atoms with Crippen LogP contribution in [0.5, 0.6) is 0 Å². The van der Waals surface area contributed by atoms with Gasteiger partial charge < -0.3 is 25.8 Å². The van der Waals surface area contributed by atoms with E-state index in [2.05, 4.69) is 15.0 Å². The second-order valence-electron chi connectivity index (χ2n) is 4.64. The Morgan fingerprint density at radius 2 is 2.14 bits per heavy atom. The molecule has 3 heterocycles. The zero-order chi connectivity index (χ0) is 15.1. The van der Waals surface area contributed by atoms with Gasteiger partial charge in [0.25, 0.3) is 0 Å². The third kappa shape index (κ3) is 2.24. The summed E-state index contributed by atoms with van der Waals surface area (Å²) < 4.78 is 6.95. The maximum Gasteiger partial charge on any atom is 0.223 e. The van der Waals surface area contributed by atoms with E-state index >= 15 is 0 Å². The number of aromatic nitrogens is 4. The molecule has 0 saturated carbocycles. The van der Waals surface area contributed by atoms with Crippen LogP contribution in [-0.4, -0.2) is 66.0 Å². The van der Waals surface area contributed by atoms with Crippen molar-refractivity contribution in [2.75, 3.05) is 18.6 Å². The predicted molar refractivity (Wildman–Crippen MR) is 74.5 cm³/mol. The number of thioether (sulfide) groups is 1. The number of aliphatic hydroxyl groups is 3. The number of aliphatic hydroxyl groups excluding tert-OH is 3. The number of ether oxygens (including phenoxy) is 1. The Labute approximate surface area is 123 Å². The lowest BCUT2D eigenvalue weighted by atomic mass is 10.1. The fourth-order valence-electron chi connectivity index (χ4n) is 2.35. The maximum atomic E-state index is 10.1. The molecule has 0 unspecified atom stereocenters. The fraction of sp³-hybridized carbons (Fsp3) is 0.545. The molecule has 1 saturated heterocycles. The van der Waals surface area contributed by atoms with Gasteiger partial charge in [-0.05, 0) is 6.26 Å². The summed E-state index contributed by atoms with van der Waals surface area (Å²) in [6.07, 6.45) is -0.858. The van der Waals surface area contributed by atoms with Crippen LogP contribution in [0.4, 0.5) is 5.95 Å².